The number of oxazole rings is 1. The van der Waals surface area contributed by atoms with Gasteiger partial charge >= 0.3 is 0 Å². The van der Waals surface area contributed by atoms with E-state index in [9.17, 15) is 0 Å². The van der Waals surface area contributed by atoms with Gasteiger partial charge in [0.2, 0.25) is 0 Å². The highest BCUT2D eigenvalue weighted by molar-refractivity contribution is 5.03. The van der Waals surface area contributed by atoms with Crippen molar-refractivity contribution in [3.63, 3.8) is 0 Å². The third kappa shape index (κ3) is 4.74. The normalized spacial score (nSPS) is 12.9. The Morgan fingerprint density at radius 2 is 2.38 bits per heavy atom. The van der Waals surface area contributed by atoms with Crippen molar-refractivity contribution in [3.05, 3.63) is 17.8 Å². The van der Waals surface area contributed by atoms with Crippen LogP contribution >= 0.6 is 0 Å². The summed E-state index contributed by atoms with van der Waals surface area (Å²) in [7, 11) is 1.70. The molecule has 0 radical (unpaired) electrons. The van der Waals surface area contributed by atoms with E-state index in [1.807, 2.05) is 6.92 Å². The SMILES string of the molecule is COCCNCC(C)NCc1ocnc1C. The zero-order valence-corrected chi connectivity index (χ0v) is 10.2. The Labute approximate surface area is 96.6 Å². The van der Waals surface area contributed by atoms with E-state index in [1.54, 1.807) is 7.11 Å². The van der Waals surface area contributed by atoms with Gasteiger partial charge in [-0.25, -0.2) is 4.98 Å². The maximum Gasteiger partial charge on any atom is 0.181 e. The van der Waals surface area contributed by atoms with Crippen LogP contribution in [0.2, 0.25) is 0 Å². The molecule has 0 saturated heterocycles. The summed E-state index contributed by atoms with van der Waals surface area (Å²) >= 11 is 0. The van der Waals surface area contributed by atoms with Gasteiger partial charge in [-0.2, -0.15) is 0 Å². The van der Waals surface area contributed by atoms with Crippen LogP contribution in [0.15, 0.2) is 10.8 Å². The molecule has 1 rings (SSSR count). The summed E-state index contributed by atoms with van der Waals surface area (Å²) in [4.78, 5) is 4.04. The van der Waals surface area contributed by atoms with Gasteiger partial charge in [0, 0.05) is 26.2 Å². The number of nitrogens with one attached hydrogen (secondary N) is 2. The van der Waals surface area contributed by atoms with Crippen molar-refractivity contribution in [1.29, 1.82) is 0 Å². The summed E-state index contributed by atoms with van der Waals surface area (Å²) in [5.41, 5.74) is 0.951. The summed E-state index contributed by atoms with van der Waals surface area (Å²) in [6.45, 7) is 7.33. The molecular formula is C11H21N3O2. The predicted molar refractivity (Wildman–Crippen MR) is 62.3 cm³/mol. The van der Waals surface area contributed by atoms with Gasteiger partial charge in [-0.15, -0.1) is 0 Å². The first-order valence-electron chi connectivity index (χ1n) is 5.56. The number of ether oxygens (including phenoxy) is 1. The predicted octanol–water partition coefficient (Wildman–Crippen LogP) is 0.697. The molecule has 1 atom stereocenters. The van der Waals surface area contributed by atoms with Crippen molar-refractivity contribution in [2.45, 2.75) is 26.4 Å². The van der Waals surface area contributed by atoms with Crippen LogP contribution in [-0.2, 0) is 11.3 Å². The van der Waals surface area contributed by atoms with Crippen molar-refractivity contribution in [3.8, 4) is 0 Å². The third-order valence-electron chi connectivity index (χ3n) is 2.39. The molecule has 0 saturated carbocycles. The number of methoxy groups -OCH3 is 1. The highest BCUT2D eigenvalue weighted by Crippen LogP contribution is 2.03. The smallest absolute Gasteiger partial charge is 0.181 e. The number of aryl methyl sites for hydroxylation is 1. The quantitative estimate of drug-likeness (QED) is 0.640. The fourth-order valence-electron chi connectivity index (χ4n) is 1.33. The van der Waals surface area contributed by atoms with Crippen molar-refractivity contribution in [2.24, 2.45) is 0 Å². The van der Waals surface area contributed by atoms with Crippen LogP contribution < -0.4 is 10.6 Å². The number of aromatic nitrogens is 1. The van der Waals surface area contributed by atoms with Gasteiger partial charge < -0.3 is 19.8 Å². The fourth-order valence-corrected chi connectivity index (χ4v) is 1.33. The number of hydrogen-bond acceptors (Lipinski definition) is 5. The zero-order valence-electron chi connectivity index (χ0n) is 10.2. The number of hydrogen-bond donors (Lipinski definition) is 2. The Bertz CT molecular complexity index is 289. The molecule has 16 heavy (non-hydrogen) atoms. The molecule has 0 aliphatic carbocycles. The van der Waals surface area contributed by atoms with Crippen LogP contribution in [0.1, 0.15) is 18.4 Å². The largest absolute Gasteiger partial charge is 0.447 e. The Morgan fingerprint density at radius 1 is 1.56 bits per heavy atom. The molecule has 1 unspecified atom stereocenters. The first-order chi connectivity index (χ1) is 7.74. The molecule has 1 heterocycles. The van der Waals surface area contributed by atoms with Crippen LogP contribution in [0, 0.1) is 6.92 Å². The second-order valence-corrected chi connectivity index (χ2v) is 3.84. The highest BCUT2D eigenvalue weighted by Gasteiger charge is 2.05. The average Bonchev–Trinajstić information content (AvgIpc) is 2.67. The number of nitrogens with zero attached hydrogens (tertiary/aromatic N) is 1. The van der Waals surface area contributed by atoms with E-state index in [1.165, 1.54) is 6.39 Å². The molecule has 1 aromatic heterocycles. The Balaban J connectivity index is 2.10. The first kappa shape index (κ1) is 13.2. The molecule has 0 aliphatic rings. The molecule has 0 bridgehead atoms. The molecule has 0 fully saturated rings. The van der Waals surface area contributed by atoms with Crippen LogP contribution in [0.3, 0.4) is 0 Å². The Kier molecular flexibility index (Phi) is 6.07. The minimum absolute atomic E-state index is 0.390. The monoisotopic (exact) mass is 227 g/mol. The van der Waals surface area contributed by atoms with Crippen LogP contribution in [0.4, 0.5) is 0 Å². The summed E-state index contributed by atoms with van der Waals surface area (Å²) in [5, 5.41) is 6.66. The second kappa shape index (κ2) is 7.38. The van der Waals surface area contributed by atoms with Gasteiger partial charge in [-0.3, -0.25) is 0 Å². The van der Waals surface area contributed by atoms with Gasteiger partial charge in [0.05, 0.1) is 18.8 Å². The first-order valence-corrected chi connectivity index (χ1v) is 5.56. The molecule has 5 heteroatoms. The lowest BCUT2D eigenvalue weighted by Gasteiger charge is -2.13. The van der Waals surface area contributed by atoms with Crippen LogP contribution in [0.5, 0.6) is 0 Å². The van der Waals surface area contributed by atoms with Gasteiger partial charge in [0.25, 0.3) is 0 Å². The summed E-state index contributed by atoms with van der Waals surface area (Å²) < 4.78 is 10.2. The lowest BCUT2D eigenvalue weighted by molar-refractivity contribution is 0.198. The summed E-state index contributed by atoms with van der Waals surface area (Å²) in [6, 6.07) is 0.390. The standard InChI is InChI=1S/C11H21N3O2/c1-9(6-12-4-5-15-3)13-7-11-10(2)14-8-16-11/h8-9,12-13H,4-7H2,1-3H3. The number of rotatable bonds is 8. The van der Waals surface area contributed by atoms with E-state index in [-0.39, 0.29) is 0 Å². The summed E-state index contributed by atoms with van der Waals surface area (Å²) in [6.07, 6.45) is 1.48. The maximum absolute atomic E-state index is 5.24. The van der Waals surface area contributed by atoms with Crippen molar-refractivity contribution in [2.75, 3.05) is 26.8 Å². The molecule has 2 N–H and O–H groups in total. The second-order valence-electron chi connectivity index (χ2n) is 3.84. The minimum Gasteiger partial charge on any atom is -0.447 e. The van der Waals surface area contributed by atoms with Gasteiger partial charge in [0.15, 0.2) is 6.39 Å². The molecular weight excluding hydrogens is 206 g/mol. The summed E-state index contributed by atoms with van der Waals surface area (Å²) in [5.74, 6) is 0.906. The Hall–Kier alpha value is -0.910. The lowest BCUT2D eigenvalue weighted by Crippen LogP contribution is -2.37. The van der Waals surface area contributed by atoms with Crippen LogP contribution in [-0.4, -0.2) is 37.8 Å². The topological polar surface area (TPSA) is 59.3 Å². The van der Waals surface area contributed by atoms with Crippen molar-refractivity contribution in [1.82, 2.24) is 15.6 Å². The van der Waals surface area contributed by atoms with E-state index in [0.717, 1.165) is 37.7 Å². The molecule has 0 aromatic carbocycles. The molecule has 0 spiro atoms. The van der Waals surface area contributed by atoms with E-state index >= 15 is 0 Å². The van der Waals surface area contributed by atoms with Gasteiger partial charge in [-0.1, -0.05) is 0 Å². The Morgan fingerprint density at radius 3 is 3.00 bits per heavy atom. The van der Waals surface area contributed by atoms with E-state index in [4.69, 9.17) is 9.15 Å². The molecule has 5 nitrogen and oxygen atoms in total. The fraction of sp³-hybridized carbons (Fsp3) is 0.727. The molecule has 92 valence electrons. The van der Waals surface area contributed by atoms with E-state index < -0.39 is 0 Å². The highest BCUT2D eigenvalue weighted by atomic mass is 16.5. The zero-order chi connectivity index (χ0) is 11.8. The molecule has 1 aromatic rings. The lowest BCUT2D eigenvalue weighted by atomic mass is 10.3. The average molecular weight is 227 g/mol. The van der Waals surface area contributed by atoms with E-state index in [2.05, 4.69) is 22.5 Å². The maximum atomic E-state index is 5.24. The van der Waals surface area contributed by atoms with Gasteiger partial charge in [-0.05, 0) is 13.8 Å². The molecule has 0 aliphatic heterocycles. The van der Waals surface area contributed by atoms with E-state index in [0.29, 0.717) is 6.04 Å². The van der Waals surface area contributed by atoms with Crippen molar-refractivity contribution < 1.29 is 9.15 Å². The third-order valence-corrected chi connectivity index (χ3v) is 2.39. The minimum atomic E-state index is 0.390. The van der Waals surface area contributed by atoms with Crippen LogP contribution in [0.25, 0.3) is 0 Å². The van der Waals surface area contributed by atoms with Gasteiger partial charge in [0.1, 0.15) is 5.76 Å². The molecule has 0 amide bonds. The van der Waals surface area contributed by atoms with Crippen molar-refractivity contribution >= 4 is 0 Å².